The predicted molar refractivity (Wildman–Crippen MR) is 147 cm³/mol. The van der Waals surface area contributed by atoms with Crippen molar-refractivity contribution in [3.8, 4) is 0 Å². The molecule has 1 aromatic heterocycles. The summed E-state index contributed by atoms with van der Waals surface area (Å²) in [4.78, 5) is 25.4. The van der Waals surface area contributed by atoms with E-state index >= 15 is 0 Å². The van der Waals surface area contributed by atoms with Crippen molar-refractivity contribution in [2.75, 3.05) is 29.4 Å². The zero-order valence-corrected chi connectivity index (χ0v) is 23.5. The minimum atomic E-state index is -5.08. The molecule has 1 fully saturated rings. The number of rotatable bonds is 6. The second-order valence-corrected chi connectivity index (χ2v) is 11.6. The number of carbonyl (C=O) groups excluding carboxylic acids is 1. The van der Waals surface area contributed by atoms with Crippen LogP contribution >= 0.6 is 11.6 Å². The summed E-state index contributed by atoms with van der Waals surface area (Å²) in [5, 5.41) is 17.2. The normalized spacial score (nSPS) is 17.4. The fourth-order valence-electron chi connectivity index (χ4n) is 4.05. The number of halogens is 7. The van der Waals surface area contributed by atoms with E-state index in [-0.39, 0.29) is 34.5 Å². The van der Waals surface area contributed by atoms with Gasteiger partial charge in [0.2, 0.25) is 10.0 Å². The molecule has 0 bridgehead atoms. The Labute approximate surface area is 245 Å². The molecule has 3 aromatic rings. The number of carboxylic acid groups (broad SMARTS) is 1. The van der Waals surface area contributed by atoms with E-state index < -0.39 is 39.9 Å². The van der Waals surface area contributed by atoms with E-state index in [1.807, 2.05) is 0 Å². The van der Waals surface area contributed by atoms with Crippen LogP contribution in [0.4, 0.5) is 37.7 Å². The number of carbonyl (C=O) groups is 2. The van der Waals surface area contributed by atoms with Crippen LogP contribution in [0.2, 0.25) is 5.02 Å². The van der Waals surface area contributed by atoms with Crippen LogP contribution in [0, 0.1) is 0 Å². The fourth-order valence-corrected chi connectivity index (χ4v) is 4.78. The average Bonchev–Trinajstić information content (AvgIpc) is 2.87. The number of carboxylic acids is 1. The molecular formula is C25H24ClF6N5O5S. The Bertz CT molecular complexity index is 1600. The highest BCUT2D eigenvalue weighted by atomic mass is 35.5. The first-order chi connectivity index (χ1) is 19.8. The molecular weight excluding hydrogens is 632 g/mol. The number of pyridine rings is 1. The Morgan fingerprint density at radius 3 is 2.28 bits per heavy atom. The third-order valence-electron chi connectivity index (χ3n) is 5.78. The van der Waals surface area contributed by atoms with Crippen molar-refractivity contribution in [3.63, 3.8) is 0 Å². The highest BCUT2D eigenvalue weighted by molar-refractivity contribution is 7.92. The van der Waals surface area contributed by atoms with Gasteiger partial charge in [0, 0.05) is 52.5 Å². The van der Waals surface area contributed by atoms with E-state index in [0.29, 0.717) is 29.9 Å². The maximum Gasteiger partial charge on any atom is 0.490 e. The first kappa shape index (κ1) is 33.7. The molecule has 0 saturated carbocycles. The second kappa shape index (κ2) is 13.2. The van der Waals surface area contributed by atoms with Gasteiger partial charge in [0.15, 0.2) is 0 Å². The van der Waals surface area contributed by atoms with Gasteiger partial charge in [-0.15, -0.1) is 0 Å². The zero-order valence-electron chi connectivity index (χ0n) is 22.0. The molecule has 2 heterocycles. The summed E-state index contributed by atoms with van der Waals surface area (Å²) in [5.41, 5.74) is -0.0874. The van der Waals surface area contributed by atoms with Gasteiger partial charge in [-0.2, -0.15) is 26.3 Å². The zero-order chi connectivity index (χ0) is 32.2. The summed E-state index contributed by atoms with van der Waals surface area (Å²) in [6, 6.07) is 10.9. The summed E-state index contributed by atoms with van der Waals surface area (Å²) >= 11 is 6.07. The SMILES string of the molecule is CS(=O)(=O)Nc1cccc(C(=O)N[C@@H]2CNC[C@H](Nc3cc(C(F)(F)F)nc4ccc(Cl)cc34)C2)c1.O=C(O)C(F)(F)F. The second-order valence-electron chi connectivity index (χ2n) is 9.38. The number of aromatic nitrogens is 1. The van der Waals surface area contributed by atoms with Gasteiger partial charge in [-0.3, -0.25) is 9.52 Å². The van der Waals surface area contributed by atoms with Crippen LogP contribution < -0.4 is 20.7 Å². The number of benzene rings is 2. The van der Waals surface area contributed by atoms with E-state index in [1.165, 1.54) is 24.3 Å². The van der Waals surface area contributed by atoms with Crippen LogP contribution in [0.3, 0.4) is 0 Å². The predicted octanol–water partition coefficient (Wildman–Crippen LogP) is 4.48. The van der Waals surface area contributed by atoms with E-state index in [4.69, 9.17) is 21.5 Å². The molecule has 2 atom stereocenters. The first-order valence-corrected chi connectivity index (χ1v) is 14.4. The Kier molecular flexibility index (Phi) is 10.3. The summed E-state index contributed by atoms with van der Waals surface area (Å²) in [6.07, 6.45) is -8.25. The van der Waals surface area contributed by atoms with Crippen LogP contribution in [0.5, 0.6) is 0 Å². The summed E-state index contributed by atoms with van der Waals surface area (Å²) in [6.45, 7) is 0.924. The molecule has 4 rings (SSSR count). The minimum absolute atomic E-state index is 0.160. The van der Waals surface area contributed by atoms with Crippen molar-refractivity contribution in [1.82, 2.24) is 15.6 Å². The Morgan fingerprint density at radius 2 is 1.67 bits per heavy atom. The molecule has 0 unspecified atom stereocenters. The summed E-state index contributed by atoms with van der Waals surface area (Å²) in [5.74, 6) is -3.16. The number of piperidine rings is 1. The summed E-state index contributed by atoms with van der Waals surface area (Å²) in [7, 11) is -3.50. The molecule has 1 aliphatic rings. The standard InChI is InChI=1S/C23H23ClF3N5O3S.C2HF3O2/c1-36(34,35)32-15-4-2-3-13(7-15)22(33)30-17-9-16(11-28-12-17)29-20-10-21(23(25,26)27)31-19-6-5-14(24)8-18(19)20;3-2(4,5)1(6)7/h2-8,10,16-17,28,32H,9,11-12H2,1H3,(H,29,31)(H,30,33);(H,6,7)/t16-,17+;/m1./s1. The van der Waals surface area contributed by atoms with E-state index in [1.54, 1.807) is 18.2 Å². The lowest BCUT2D eigenvalue weighted by Crippen LogP contribution is -2.52. The number of anilines is 2. The van der Waals surface area contributed by atoms with Crippen molar-refractivity contribution >= 4 is 55.8 Å². The summed E-state index contributed by atoms with van der Waals surface area (Å²) < 4.78 is 97.3. The van der Waals surface area contributed by atoms with Crippen molar-refractivity contribution in [1.29, 1.82) is 0 Å². The maximum absolute atomic E-state index is 13.4. The maximum atomic E-state index is 13.4. The van der Waals surface area contributed by atoms with Crippen molar-refractivity contribution in [2.24, 2.45) is 0 Å². The van der Waals surface area contributed by atoms with Crippen molar-refractivity contribution < 1.29 is 49.5 Å². The van der Waals surface area contributed by atoms with Gasteiger partial charge in [-0.1, -0.05) is 17.7 Å². The highest BCUT2D eigenvalue weighted by Crippen LogP contribution is 2.34. The van der Waals surface area contributed by atoms with Crippen LogP contribution in [0.15, 0.2) is 48.5 Å². The first-order valence-electron chi connectivity index (χ1n) is 12.2. The van der Waals surface area contributed by atoms with Gasteiger partial charge in [-0.05, 0) is 48.9 Å². The topological polar surface area (TPSA) is 150 Å². The molecule has 1 saturated heterocycles. The number of sulfonamides is 1. The number of nitrogens with one attached hydrogen (secondary N) is 4. The average molecular weight is 656 g/mol. The lowest BCUT2D eigenvalue weighted by atomic mass is 10.0. The Morgan fingerprint density at radius 1 is 1.02 bits per heavy atom. The van der Waals surface area contributed by atoms with Crippen LogP contribution in [0.25, 0.3) is 10.9 Å². The molecule has 0 aliphatic carbocycles. The largest absolute Gasteiger partial charge is 0.490 e. The number of alkyl halides is 6. The number of nitrogens with zero attached hydrogens (tertiary/aromatic N) is 1. The number of fused-ring (bicyclic) bond motifs is 1. The molecule has 43 heavy (non-hydrogen) atoms. The lowest BCUT2D eigenvalue weighted by Gasteiger charge is -2.32. The van der Waals surface area contributed by atoms with E-state index in [0.717, 1.165) is 12.3 Å². The Hall–Kier alpha value is -3.83. The van der Waals surface area contributed by atoms with Crippen LogP contribution in [-0.4, -0.2) is 68.0 Å². The van der Waals surface area contributed by atoms with Crippen molar-refractivity contribution in [3.05, 3.63) is 64.8 Å². The smallest absolute Gasteiger partial charge is 0.475 e. The monoisotopic (exact) mass is 655 g/mol. The number of aliphatic carboxylic acids is 1. The quantitative estimate of drug-likeness (QED) is 0.244. The van der Waals surface area contributed by atoms with Gasteiger partial charge in [0.25, 0.3) is 5.91 Å². The van der Waals surface area contributed by atoms with Gasteiger partial charge in [0.05, 0.1) is 11.8 Å². The molecule has 18 heteroatoms. The molecule has 0 radical (unpaired) electrons. The molecule has 10 nitrogen and oxygen atoms in total. The third kappa shape index (κ3) is 10.1. The number of amides is 1. The fraction of sp³-hybridized carbons (Fsp3) is 0.320. The molecule has 1 amide bonds. The van der Waals surface area contributed by atoms with Crippen LogP contribution in [-0.2, 0) is 21.0 Å². The van der Waals surface area contributed by atoms with Gasteiger partial charge >= 0.3 is 18.3 Å². The van der Waals surface area contributed by atoms with Gasteiger partial charge in [0.1, 0.15) is 5.69 Å². The molecule has 0 spiro atoms. The molecule has 1 aliphatic heterocycles. The molecule has 5 N–H and O–H groups in total. The third-order valence-corrected chi connectivity index (χ3v) is 6.62. The van der Waals surface area contributed by atoms with Gasteiger partial charge < -0.3 is 21.1 Å². The number of hydrogen-bond donors (Lipinski definition) is 5. The van der Waals surface area contributed by atoms with E-state index in [2.05, 4.69) is 25.7 Å². The van der Waals surface area contributed by atoms with Crippen molar-refractivity contribution in [2.45, 2.75) is 30.9 Å². The lowest BCUT2D eigenvalue weighted by molar-refractivity contribution is -0.192. The van der Waals surface area contributed by atoms with E-state index in [9.17, 15) is 39.6 Å². The Balaban J connectivity index is 0.000000646. The molecule has 2 aromatic carbocycles. The number of hydrogen-bond acceptors (Lipinski definition) is 7. The minimum Gasteiger partial charge on any atom is -0.475 e. The van der Waals surface area contributed by atoms with Crippen LogP contribution in [0.1, 0.15) is 22.5 Å². The highest BCUT2D eigenvalue weighted by Gasteiger charge is 2.38. The molecule has 234 valence electrons. The van der Waals surface area contributed by atoms with Gasteiger partial charge in [-0.25, -0.2) is 18.2 Å².